The van der Waals surface area contributed by atoms with E-state index in [1.54, 1.807) is 0 Å². The number of hydrogen-bond donors (Lipinski definition) is 1. The van der Waals surface area contributed by atoms with Gasteiger partial charge < -0.3 is 9.26 Å². The molecule has 3 aromatic heterocycles. The summed E-state index contributed by atoms with van der Waals surface area (Å²) in [5.41, 5.74) is 2.86. The largest absolute Gasteiger partial charge is 0.473 e. The number of pyridine rings is 1. The molecule has 0 bridgehead atoms. The van der Waals surface area contributed by atoms with Crippen LogP contribution < -0.4 is 10.3 Å². The molecule has 150 valence electrons. The Bertz CT molecular complexity index is 1210. The van der Waals surface area contributed by atoms with Crippen molar-refractivity contribution in [1.82, 2.24) is 20.1 Å². The molecule has 0 atom stereocenters. The number of ether oxygens (including phenoxy) is 1. The predicted molar refractivity (Wildman–Crippen MR) is 106 cm³/mol. The minimum atomic E-state index is -0.326. The van der Waals surface area contributed by atoms with Gasteiger partial charge in [-0.15, -0.1) is 0 Å². The minimum absolute atomic E-state index is 0.0740. The Balaban J connectivity index is 1.18. The van der Waals surface area contributed by atoms with Crippen LogP contribution in [0, 0.1) is 5.82 Å². The van der Waals surface area contributed by atoms with Gasteiger partial charge in [0.2, 0.25) is 5.88 Å². The maximum Gasteiger partial charge on any atom is 0.280 e. The van der Waals surface area contributed by atoms with Crippen molar-refractivity contribution in [3.8, 4) is 28.6 Å². The average Bonchev–Trinajstić information content (AvgIpc) is 3.17. The number of nitrogens with zero attached hydrogens (tertiary/aromatic N) is 3. The van der Waals surface area contributed by atoms with E-state index in [4.69, 9.17) is 9.26 Å². The zero-order valence-electron chi connectivity index (χ0n) is 15.8. The molecule has 0 saturated heterocycles. The van der Waals surface area contributed by atoms with Crippen LogP contribution in [0.5, 0.6) is 5.88 Å². The first-order chi connectivity index (χ1) is 14.6. The van der Waals surface area contributed by atoms with Crippen molar-refractivity contribution in [3.05, 3.63) is 82.8 Å². The Kier molecular flexibility index (Phi) is 4.59. The third-order valence-electron chi connectivity index (χ3n) is 5.19. The van der Waals surface area contributed by atoms with E-state index in [9.17, 15) is 9.18 Å². The number of benzene rings is 1. The highest BCUT2D eigenvalue weighted by atomic mass is 19.1. The number of hydrogen-bond acceptors (Lipinski definition) is 6. The molecule has 5 rings (SSSR count). The molecule has 1 aliphatic rings. The molecule has 1 fully saturated rings. The van der Waals surface area contributed by atoms with E-state index in [0.29, 0.717) is 28.9 Å². The third-order valence-corrected chi connectivity index (χ3v) is 5.19. The Morgan fingerprint density at radius 3 is 2.50 bits per heavy atom. The number of nitrogens with one attached hydrogen (secondary N) is 1. The van der Waals surface area contributed by atoms with Crippen LogP contribution in [0.4, 0.5) is 4.39 Å². The molecule has 1 saturated carbocycles. The van der Waals surface area contributed by atoms with Gasteiger partial charge >= 0.3 is 0 Å². The number of aromatic nitrogens is 4. The van der Waals surface area contributed by atoms with E-state index in [1.165, 1.54) is 42.4 Å². The van der Waals surface area contributed by atoms with Crippen molar-refractivity contribution in [2.45, 2.75) is 24.9 Å². The van der Waals surface area contributed by atoms with Gasteiger partial charge in [-0.25, -0.2) is 14.4 Å². The lowest BCUT2D eigenvalue weighted by molar-refractivity contribution is 0.0931. The molecule has 8 heteroatoms. The van der Waals surface area contributed by atoms with Gasteiger partial charge in [0.1, 0.15) is 17.6 Å². The first-order valence-electron chi connectivity index (χ1n) is 9.53. The fraction of sp³-hybridized carbons (Fsp3) is 0.182. The minimum Gasteiger partial charge on any atom is -0.473 e. The van der Waals surface area contributed by atoms with Gasteiger partial charge in [0.25, 0.3) is 5.56 Å². The average molecular weight is 404 g/mol. The third kappa shape index (κ3) is 3.71. The SMILES string of the molecule is O=c1cc(-c2cnc(OC3CC(c4ccc(-c5cc(F)ccn5)cc4)C3)cn2)o[nH]1. The maximum absolute atomic E-state index is 13.4. The smallest absolute Gasteiger partial charge is 0.280 e. The number of aromatic amines is 1. The highest BCUT2D eigenvalue weighted by Crippen LogP contribution is 2.39. The Hall–Kier alpha value is -3.81. The molecule has 30 heavy (non-hydrogen) atoms. The standard InChI is InChI=1S/C22H17FN4O3/c23-16-5-6-24-18(9-16)14-3-1-13(2-4-14)15-7-17(8-15)29-22-12-25-19(11-26-22)20-10-21(28)27-30-20/h1-6,9-12,15,17H,7-8H2,(H,27,28). The lowest BCUT2D eigenvalue weighted by atomic mass is 9.77. The van der Waals surface area contributed by atoms with Gasteiger partial charge in [0.15, 0.2) is 5.76 Å². The second-order valence-electron chi connectivity index (χ2n) is 7.21. The van der Waals surface area contributed by atoms with E-state index >= 15 is 0 Å². The number of rotatable bonds is 5. The van der Waals surface area contributed by atoms with Crippen LogP contribution in [0.25, 0.3) is 22.7 Å². The van der Waals surface area contributed by atoms with Crippen molar-refractivity contribution in [1.29, 1.82) is 0 Å². The first-order valence-corrected chi connectivity index (χ1v) is 9.53. The Morgan fingerprint density at radius 1 is 1.00 bits per heavy atom. The molecule has 0 amide bonds. The summed E-state index contributed by atoms with van der Waals surface area (Å²) in [4.78, 5) is 23.8. The van der Waals surface area contributed by atoms with Crippen molar-refractivity contribution in [2.24, 2.45) is 0 Å². The van der Waals surface area contributed by atoms with E-state index in [-0.39, 0.29) is 17.5 Å². The lowest BCUT2D eigenvalue weighted by Crippen LogP contribution is -2.32. The molecule has 0 spiro atoms. The molecular weight excluding hydrogens is 387 g/mol. The highest BCUT2D eigenvalue weighted by Gasteiger charge is 2.32. The summed E-state index contributed by atoms with van der Waals surface area (Å²) in [5.74, 6) is 0.884. The van der Waals surface area contributed by atoms with Crippen LogP contribution in [0.2, 0.25) is 0 Å². The number of halogens is 1. The summed E-state index contributed by atoms with van der Waals surface area (Å²) in [6.45, 7) is 0. The van der Waals surface area contributed by atoms with Crippen molar-refractivity contribution in [2.75, 3.05) is 0 Å². The molecule has 4 aromatic rings. The van der Waals surface area contributed by atoms with E-state index in [0.717, 1.165) is 18.4 Å². The second-order valence-corrected chi connectivity index (χ2v) is 7.21. The second kappa shape index (κ2) is 7.55. The van der Waals surface area contributed by atoms with Crippen LogP contribution in [-0.4, -0.2) is 26.2 Å². The van der Waals surface area contributed by atoms with Crippen LogP contribution >= 0.6 is 0 Å². The highest BCUT2D eigenvalue weighted by molar-refractivity contribution is 5.59. The molecule has 1 aliphatic carbocycles. The topological polar surface area (TPSA) is 93.9 Å². The lowest BCUT2D eigenvalue weighted by Gasteiger charge is -2.35. The fourth-order valence-electron chi connectivity index (χ4n) is 3.51. The van der Waals surface area contributed by atoms with Gasteiger partial charge in [-0.3, -0.25) is 9.78 Å². The van der Waals surface area contributed by atoms with Gasteiger partial charge in [-0.2, -0.15) is 5.16 Å². The Morgan fingerprint density at radius 2 is 1.83 bits per heavy atom. The molecule has 1 aromatic carbocycles. The van der Waals surface area contributed by atoms with Gasteiger partial charge in [0, 0.05) is 17.8 Å². The van der Waals surface area contributed by atoms with E-state index in [1.807, 2.05) is 12.1 Å². The molecule has 0 radical (unpaired) electrons. The van der Waals surface area contributed by atoms with Crippen molar-refractivity contribution >= 4 is 0 Å². The Labute approximate surface area is 170 Å². The fourth-order valence-corrected chi connectivity index (χ4v) is 3.51. The van der Waals surface area contributed by atoms with Crippen molar-refractivity contribution in [3.63, 3.8) is 0 Å². The number of H-pyrrole nitrogens is 1. The normalized spacial score (nSPS) is 18.0. The summed E-state index contributed by atoms with van der Waals surface area (Å²) in [6.07, 6.45) is 6.34. The van der Waals surface area contributed by atoms with Crippen LogP contribution in [0.3, 0.4) is 0 Å². The first kappa shape index (κ1) is 18.2. The summed E-state index contributed by atoms with van der Waals surface area (Å²) in [5, 5.41) is 2.22. The van der Waals surface area contributed by atoms with Crippen LogP contribution in [0.15, 0.2) is 70.4 Å². The van der Waals surface area contributed by atoms with Crippen LogP contribution in [0.1, 0.15) is 24.3 Å². The van der Waals surface area contributed by atoms with Crippen molar-refractivity contribution < 1.29 is 13.7 Å². The van der Waals surface area contributed by atoms with Gasteiger partial charge in [-0.1, -0.05) is 24.3 Å². The van der Waals surface area contributed by atoms with Gasteiger partial charge in [-0.05, 0) is 30.4 Å². The molecule has 3 heterocycles. The molecule has 1 N–H and O–H groups in total. The van der Waals surface area contributed by atoms with Gasteiger partial charge in [0.05, 0.1) is 24.2 Å². The quantitative estimate of drug-likeness (QED) is 0.541. The van der Waals surface area contributed by atoms with E-state index < -0.39 is 0 Å². The monoisotopic (exact) mass is 404 g/mol. The summed E-state index contributed by atoms with van der Waals surface area (Å²) >= 11 is 0. The summed E-state index contributed by atoms with van der Waals surface area (Å²) in [6, 6.07) is 12.1. The zero-order chi connectivity index (χ0) is 20.5. The zero-order valence-corrected chi connectivity index (χ0v) is 15.8. The molecule has 0 unspecified atom stereocenters. The summed E-state index contributed by atoms with van der Waals surface area (Å²) in [7, 11) is 0. The van der Waals surface area contributed by atoms with E-state index in [2.05, 4.69) is 32.2 Å². The molecule has 0 aliphatic heterocycles. The molecule has 7 nitrogen and oxygen atoms in total. The van der Waals surface area contributed by atoms with Crippen LogP contribution in [-0.2, 0) is 0 Å². The predicted octanol–water partition coefficient (Wildman–Crippen LogP) is 3.95. The summed E-state index contributed by atoms with van der Waals surface area (Å²) < 4.78 is 24.3. The maximum atomic E-state index is 13.4. The molecular formula is C22H17FN4O3.